The first-order chi connectivity index (χ1) is 11.6. The summed E-state index contributed by atoms with van der Waals surface area (Å²) in [6.45, 7) is 3.83. The van der Waals surface area contributed by atoms with Crippen molar-refractivity contribution in [1.29, 1.82) is 0 Å². The highest BCUT2D eigenvalue weighted by Crippen LogP contribution is 2.31. The van der Waals surface area contributed by atoms with Crippen LogP contribution in [0.2, 0.25) is 0 Å². The Morgan fingerprint density at radius 2 is 1.83 bits per heavy atom. The zero-order valence-electron chi connectivity index (χ0n) is 13.5. The fraction of sp³-hybridized carbons (Fsp3) is 0.389. The third kappa shape index (κ3) is 3.49. The summed E-state index contributed by atoms with van der Waals surface area (Å²) >= 11 is 1.63. The van der Waals surface area contributed by atoms with Crippen molar-refractivity contribution < 1.29 is 13.6 Å². The minimum Gasteiger partial charge on any atom is -0.347 e. The fourth-order valence-corrected chi connectivity index (χ4v) is 4.26. The average molecular weight is 350 g/mol. The van der Waals surface area contributed by atoms with Gasteiger partial charge in [-0.1, -0.05) is 12.1 Å². The van der Waals surface area contributed by atoms with Crippen LogP contribution in [0.5, 0.6) is 0 Å². The summed E-state index contributed by atoms with van der Waals surface area (Å²) in [5.41, 5.74) is -0.518. The topological polar surface area (TPSA) is 32.3 Å². The van der Waals surface area contributed by atoms with Crippen molar-refractivity contribution in [3.05, 3.63) is 57.8 Å². The van der Waals surface area contributed by atoms with Crippen LogP contribution < -0.4 is 5.32 Å². The van der Waals surface area contributed by atoms with Crippen molar-refractivity contribution in [2.75, 3.05) is 13.1 Å². The molecule has 1 aliphatic heterocycles. The first-order valence-electron chi connectivity index (χ1n) is 8.10. The summed E-state index contributed by atoms with van der Waals surface area (Å²) in [7, 11) is 0. The molecule has 2 heterocycles. The first kappa shape index (κ1) is 17.0. The van der Waals surface area contributed by atoms with E-state index in [9.17, 15) is 13.6 Å². The number of hydrogen-bond donors (Lipinski definition) is 1. The molecule has 2 atom stereocenters. The highest BCUT2D eigenvalue weighted by atomic mass is 32.1. The highest BCUT2D eigenvalue weighted by Gasteiger charge is 2.31. The number of halogens is 2. The number of nitrogens with zero attached hydrogens (tertiary/aromatic N) is 1. The molecule has 1 aromatic carbocycles. The molecule has 0 unspecified atom stereocenters. The van der Waals surface area contributed by atoms with E-state index in [4.69, 9.17) is 0 Å². The second kappa shape index (κ2) is 7.40. The number of carbonyl (C=O) groups is 1. The molecule has 1 aliphatic rings. The van der Waals surface area contributed by atoms with Crippen LogP contribution in [0.25, 0.3) is 0 Å². The van der Waals surface area contributed by atoms with Gasteiger partial charge in [-0.15, -0.1) is 11.3 Å². The van der Waals surface area contributed by atoms with E-state index in [0.717, 1.165) is 42.9 Å². The van der Waals surface area contributed by atoms with E-state index in [1.165, 1.54) is 6.07 Å². The molecule has 0 saturated carbocycles. The summed E-state index contributed by atoms with van der Waals surface area (Å²) in [4.78, 5) is 15.9. The Balaban J connectivity index is 1.80. The van der Waals surface area contributed by atoms with Crippen molar-refractivity contribution in [1.82, 2.24) is 10.2 Å². The maximum Gasteiger partial charge on any atom is 0.257 e. The van der Waals surface area contributed by atoms with Gasteiger partial charge in [-0.2, -0.15) is 0 Å². The molecule has 3 nitrogen and oxygen atoms in total. The largest absolute Gasteiger partial charge is 0.347 e. The van der Waals surface area contributed by atoms with Crippen LogP contribution >= 0.6 is 11.3 Å². The van der Waals surface area contributed by atoms with Gasteiger partial charge < -0.3 is 5.32 Å². The van der Waals surface area contributed by atoms with E-state index in [-0.39, 0.29) is 12.1 Å². The third-order valence-corrected chi connectivity index (χ3v) is 5.33. The zero-order valence-corrected chi connectivity index (χ0v) is 14.3. The highest BCUT2D eigenvalue weighted by molar-refractivity contribution is 7.10. The molecule has 6 heteroatoms. The van der Waals surface area contributed by atoms with Crippen LogP contribution in [-0.4, -0.2) is 29.9 Å². The lowest BCUT2D eigenvalue weighted by atomic mass is 10.1. The molecular formula is C18H20F2N2OS. The Kier molecular flexibility index (Phi) is 5.26. The summed E-state index contributed by atoms with van der Waals surface area (Å²) in [6.07, 6.45) is 2.26. The van der Waals surface area contributed by atoms with Crippen molar-refractivity contribution in [2.24, 2.45) is 0 Å². The SMILES string of the molecule is C[C@H](NC(=O)c1c(F)cccc1F)[C@H](c1cccs1)N1CCCC1. The smallest absolute Gasteiger partial charge is 0.257 e. The van der Waals surface area contributed by atoms with E-state index < -0.39 is 23.1 Å². The third-order valence-electron chi connectivity index (χ3n) is 4.39. The van der Waals surface area contributed by atoms with Gasteiger partial charge in [0.05, 0.1) is 6.04 Å². The van der Waals surface area contributed by atoms with Crippen molar-refractivity contribution in [3.8, 4) is 0 Å². The van der Waals surface area contributed by atoms with E-state index in [2.05, 4.69) is 10.2 Å². The van der Waals surface area contributed by atoms with E-state index in [1.54, 1.807) is 11.3 Å². The van der Waals surface area contributed by atoms with Crippen LogP contribution in [0, 0.1) is 11.6 Å². The maximum atomic E-state index is 13.8. The standard InChI is InChI=1S/C18H20F2N2OS/c1-12(21-18(23)16-13(19)6-4-7-14(16)20)17(15-8-5-11-24-15)22-9-2-3-10-22/h4-8,11-12,17H,2-3,9-10H2,1H3,(H,21,23)/t12-,17+/m0/s1. The normalized spacial score (nSPS) is 17.6. The molecule has 0 spiro atoms. The van der Waals surface area contributed by atoms with Gasteiger partial charge in [-0.05, 0) is 56.4 Å². The molecule has 1 saturated heterocycles. The molecule has 0 bridgehead atoms. The summed E-state index contributed by atoms with van der Waals surface area (Å²) < 4.78 is 27.6. The minimum absolute atomic E-state index is 0.0197. The molecule has 0 aliphatic carbocycles. The van der Waals surface area contributed by atoms with Gasteiger partial charge >= 0.3 is 0 Å². The van der Waals surface area contributed by atoms with Crippen LogP contribution in [0.4, 0.5) is 8.78 Å². The van der Waals surface area contributed by atoms with E-state index in [1.807, 2.05) is 24.4 Å². The molecule has 128 valence electrons. The molecule has 1 N–H and O–H groups in total. The molecular weight excluding hydrogens is 330 g/mol. The number of nitrogens with one attached hydrogen (secondary N) is 1. The monoisotopic (exact) mass is 350 g/mol. The van der Waals surface area contributed by atoms with Crippen LogP contribution in [-0.2, 0) is 0 Å². The number of thiophene rings is 1. The van der Waals surface area contributed by atoms with E-state index >= 15 is 0 Å². The Morgan fingerprint density at radius 3 is 2.42 bits per heavy atom. The molecule has 24 heavy (non-hydrogen) atoms. The Labute approximate surface area is 144 Å². The quantitative estimate of drug-likeness (QED) is 0.885. The number of carbonyl (C=O) groups excluding carboxylic acids is 1. The van der Waals surface area contributed by atoms with Gasteiger partial charge in [0.15, 0.2) is 0 Å². The predicted molar refractivity (Wildman–Crippen MR) is 91.2 cm³/mol. The minimum atomic E-state index is -0.839. The van der Waals surface area contributed by atoms with Gasteiger partial charge in [-0.25, -0.2) is 8.78 Å². The Morgan fingerprint density at radius 1 is 1.17 bits per heavy atom. The lowest BCUT2D eigenvalue weighted by Crippen LogP contribution is -2.44. The lowest BCUT2D eigenvalue weighted by molar-refractivity contribution is 0.0899. The number of benzene rings is 1. The average Bonchev–Trinajstić information content (AvgIpc) is 3.21. The van der Waals surface area contributed by atoms with Gasteiger partial charge in [0, 0.05) is 10.9 Å². The molecule has 1 amide bonds. The van der Waals surface area contributed by atoms with Crippen molar-refractivity contribution in [3.63, 3.8) is 0 Å². The van der Waals surface area contributed by atoms with Crippen molar-refractivity contribution >= 4 is 17.2 Å². The Hall–Kier alpha value is -1.79. The predicted octanol–water partition coefficient (Wildman–Crippen LogP) is 3.98. The van der Waals surface area contributed by atoms with Crippen molar-refractivity contribution in [2.45, 2.75) is 31.8 Å². The number of likely N-dealkylation sites (tertiary alicyclic amines) is 1. The number of hydrogen-bond acceptors (Lipinski definition) is 3. The molecule has 1 fully saturated rings. The maximum absolute atomic E-state index is 13.8. The summed E-state index contributed by atoms with van der Waals surface area (Å²) in [6, 6.07) is 7.23. The fourth-order valence-electron chi connectivity index (χ4n) is 3.29. The zero-order chi connectivity index (χ0) is 17.1. The molecule has 0 radical (unpaired) electrons. The summed E-state index contributed by atoms with van der Waals surface area (Å²) in [5.74, 6) is -2.39. The Bertz CT molecular complexity index is 679. The lowest BCUT2D eigenvalue weighted by Gasteiger charge is -2.32. The number of amides is 1. The van der Waals surface area contributed by atoms with E-state index in [0.29, 0.717) is 0 Å². The van der Waals surface area contributed by atoms with Crippen LogP contribution in [0.3, 0.4) is 0 Å². The number of rotatable bonds is 5. The second-order valence-corrected chi connectivity index (χ2v) is 7.04. The first-order valence-corrected chi connectivity index (χ1v) is 8.98. The van der Waals surface area contributed by atoms with Gasteiger partial charge in [0.25, 0.3) is 5.91 Å². The molecule has 3 rings (SSSR count). The summed E-state index contributed by atoms with van der Waals surface area (Å²) in [5, 5.41) is 4.79. The van der Waals surface area contributed by atoms with Gasteiger partial charge in [0.2, 0.25) is 0 Å². The van der Waals surface area contributed by atoms with Gasteiger partial charge in [0.1, 0.15) is 17.2 Å². The van der Waals surface area contributed by atoms with Crippen LogP contribution in [0.1, 0.15) is 41.0 Å². The van der Waals surface area contributed by atoms with Gasteiger partial charge in [-0.3, -0.25) is 9.69 Å². The molecule has 2 aromatic rings. The second-order valence-electron chi connectivity index (χ2n) is 6.06. The van der Waals surface area contributed by atoms with Crippen LogP contribution in [0.15, 0.2) is 35.7 Å². The molecule has 1 aromatic heterocycles.